The summed E-state index contributed by atoms with van der Waals surface area (Å²) in [5.74, 6) is 0.601. The summed E-state index contributed by atoms with van der Waals surface area (Å²) in [7, 11) is 3.66. The lowest BCUT2D eigenvalue weighted by atomic mass is 10.1. The molecule has 19 heavy (non-hydrogen) atoms. The second-order valence-electron chi connectivity index (χ2n) is 6.40. The van der Waals surface area contributed by atoms with Gasteiger partial charge in [0, 0.05) is 31.7 Å². The highest BCUT2D eigenvalue weighted by atomic mass is 16.5. The van der Waals surface area contributed by atoms with Crippen molar-refractivity contribution in [3.05, 3.63) is 0 Å². The van der Waals surface area contributed by atoms with Crippen LogP contribution in [0.4, 0.5) is 0 Å². The predicted octanol–water partition coefficient (Wildman–Crippen LogP) is 1.74. The minimum atomic E-state index is -0.0732. The Balaban J connectivity index is 2.09. The molecule has 1 saturated heterocycles. The van der Waals surface area contributed by atoms with Crippen molar-refractivity contribution >= 4 is 5.97 Å². The molecule has 0 bridgehead atoms. The molecule has 2 fully saturated rings. The summed E-state index contributed by atoms with van der Waals surface area (Å²) in [6.45, 7) is 5.55. The fourth-order valence-corrected chi connectivity index (χ4v) is 3.78. The van der Waals surface area contributed by atoms with Gasteiger partial charge in [-0.1, -0.05) is 19.8 Å². The Kier molecular flexibility index (Phi) is 5.22. The lowest BCUT2D eigenvalue weighted by molar-refractivity contribution is -0.142. The molecule has 0 radical (unpaired) electrons. The van der Waals surface area contributed by atoms with Crippen LogP contribution in [0.1, 0.15) is 39.0 Å². The number of hydrogen-bond acceptors (Lipinski definition) is 4. The monoisotopic (exact) mass is 268 g/mol. The van der Waals surface area contributed by atoms with Crippen molar-refractivity contribution in [2.75, 3.05) is 33.8 Å². The molecule has 0 spiro atoms. The van der Waals surface area contributed by atoms with Crippen molar-refractivity contribution in [2.24, 2.45) is 5.92 Å². The van der Waals surface area contributed by atoms with Gasteiger partial charge in [-0.3, -0.25) is 9.69 Å². The number of ether oxygens (including phenoxy) is 1. The van der Waals surface area contributed by atoms with E-state index in [1.165, 1.54) is 32.8 Å². The van der Waals surface area contributed by atoms with Crippen molar-refractivity contribution in [1.82, 2.24) is 9.80 Å². The van der Waals surface area contributed by atoms with Crippen molar-refractivity contribution in [1.29, 1.82) is 0 Å². The Morgan fingerprint density at radius 3 is 2.53 bits per heavy atom. The SMILES string of the molecule is COC(=O)CC1CN(C)CC(C)CN1C1CCCC1. The quantitative estimate of drug-likeness (QED) is 0.730. The van der Waals surface area contributed by atoms with E-state index in [9.17, 15) is 4.79 Å². The highest BCUT2D eigenvalue weighted by molar-refractivity contribution is 5.70. The van der Waals surface area contributed by atoms with Crippen LogP contribution in [0.3, 0.4) is 0 Å². The predicted molar refractivity (Wildman–Crippen MR) is 76.0 cm³/mol. The van der Waals surface area contributed by atoms with Gasteiger partial charge in [-0.15, -0.1) is 0 Å². The average Bonchev–Trinajstić information content (AvgIpc) is 2.84. The van der Waals surface area contributed by atoms with Crippen LogP contribution in [-0.4, -0.2) is 61.6 Å². The molecule has 1 heterocycles. The summed E-state index contributed by atoms with van der Waals surface area (Å²) in [4.78, 5) is 16.7. The van der Waals surface area contributed by atoms with Gasteiger partial charge in [-0.2, -0.15) is 0 Å². The number of hydrogen-bond donors (Lipinski definition) is 0. The Bertz CT molecular complexity index is 303. The van der Waals surface area contributed by atoms with E-state index in [-0.39, 0.29) is 5.97 Å². The van der Waals surface area contributed by atoms with Gasteiger partial charge in [-0.25, -0.2) is 0 Å². The van der Waals surface area contributed by atoms with Gasteiger partial charge < -0.3 is 9.64 Å². The maximum atomic E-state index is 11.7. The molecule has 0 N–H and O–H groups in total. The minimum absolute atomic E-state index is 0.0732. The van der Waals surface area contributed by atoms with Crippen LogP contribution in [-0.2, 0) is 9.53 Å². The molecule has 0 amide bonds. The molecule has 4 nitrogen and oxygen atoms in total. The molecule has 1 aliphatic carbocycles. The Labute approximate surface area is 117 Å². The normalized spacial score (nSPS) is 31.3. The number of esters is 1. The van der Waals surface area contributed by atoms with E-state index in [0.717, 1.165) is 19.6 Å². The fourth-order valence-electron chi connectivity index (χ4n) is 3.78. The average molecular weight is 268 g/mol. The Morgan fingerprint density at radius 1 is 1.21 bits per heavy atom. The standard InChI is InChI=1S/C15H28N2O2/c1-12-9-16(2)11-14(8-15(18)19-3)17(10-12)13-6-4-5-7-13/h12-14H,4-11H2,1-3H3. The summed E-state index contributed by atoms with van der Waals surface area (Å²) in [6.07, 6.45) is 5.82. The highest BCUT2D eigenvalue weighted by Gasteiger charge is 2.34. The first-order valence-electron chi connectivity index (χ1n) is 7.61. The van der Waals surface area contributed by atoms with Crippen LogP contribution in [0.2, 0.25) is 0 Å². The third-order valence-corrected chi connectivity index (χ3v) is 4.56. The topological polar surface area (TPSA) is 32.8 Å². The van der Waals surface area contributed by atoms with Gasteiger partial charge in [-0.05, 0) is 25.8 Å². The van der Waals surface area contributed by atoms with Crippen LogP contribution >= 0.6 is 0 Å². The van der Waals surface area contributed by atoms with Gasteiger partial charge in [0.15, 0.2) is 0 Å². The van der Waals surface area contributed by atoms with Crippen molar-refractivity contribution < 1.29 is 9.53 Å². The maximum Gasteiger partial charge on any atom is 0.307 e. The summed E-state index contributed by atoms with van der Waals surface area (Å²) >= 11 is 0. The first-order valence-corrected chi connectivity index (χ1v) is 7.61. The number of nitrogens with zero attached hydrogens (tertiary/aromatic N) is 2. The van der Waals surface area contributed by atoms with Crippen LogP contribution in [0.5, 0.6) is 0 Å². The molecule has 1 aliphatic heterocycles. The zero-order valence-corrected chi connectivity index (χ0v) is 12.6. The van der Waals surface area contributed by atoms with Gasteiger partial charge >= 0.3 is 5.97 Å². The van der Waals surface area contributed by atoms with Crippen LogP contribution in [0, 0.1) is 5.92 Å². The summed E-state index contributed by atoms with van der Waals surface area (Å²) in [5.41, 5.74) is 0. The second-order valence-corrected chi connectivity index (χ2v) is 6.40. The van der Waals surface area contributed by atoms with Gasteiger partial charge in [0.2, 0.25) is 0 Å². The van der Waals surface area contributed by atoms with Crippen LogP contribution in [0.25, 0.3) is 0 Å². The lowest BCUT2D eigenvalue weighted by Crippen LogP contribution is -2.47. The van der Waals surface area contributed by atoms with E-state index < -0.39 is 0 Å². The first-order chi connectivity index (χ1) is 9.10. The van der Waals surface area contributed by atoms with Gasteiger partial charge in [0.1, 0.15) is 0 Å². The molecule has 0 aromatic heterocycles. The molecule has 4 heteroatoms. The molecule has 0 aromatic carbocycles. The van der Waals surface area contributed by atoms with E-state index >= 15 is 0 Å². The van der Waals surface area contributed by atoms with Gasteiger partial charge in [0.05, 0.1) is 13.5 Å². The number of carbonyl (C=O) groups is 1. The molecule has 0 aromatic rings. The van der Waals surface area contributed by atoms with Crippen molar-refractivity contribution in [3.8, 4) is 0 Å². The van der Waals surface area contributed by atoms with Crippen molar-refractivity contribution in [3.63, 3.8) is 0 Å². The molecular formula is C15H28N2O2. The van der Waals surface area contributed by atoms with Gasteiger partial charge in [0.25, 0.3) is 0 Å². The number of carbonyl (C=O) groups excluding carboxylic acids is 1. The summed E-state index contributed by atoms with van der Waals surface area (Å²) in [5, 5.41) is 0. The zero-order valence-electron chi connectivity index (χ0n) is 12.6. The number of methoxy groups -OCH3 is 1. The Morgan fingerprint density at radius 2 is 1.89 bits per heavy atom. The van der Waals surface area contributed by atoms with E-state index in [2.05, 4.69) is 23.8 Å². The Hall–Kier alpha value is -0.610. The van der Waals surface area contributed by atoms with Crippen molar-refractivity contribution in [2.45, 2.75) is 51.1 Å². The van der Waals surface area contributed by atoms with E-state index in [1.54, 1.807) is 0 Å². The molecule has 1 saturated carbocycles. The molecule has 2 unspecified atom stereocenters. The van der Waals surface area contributed by atoms with Crippen LogP contribution < -0.4 is 0 Å². The van der Waals surface area contributed by atoms with E-state index in [1.807, 2.05) is 0 Å². The molecular weight excluding hydrogens is 240 g/mol. The molecule has 110 valence electrons. The smallest absolute Gasteiger partial charge is 0.307 e. The van der Waals surface area contributed by atoms with E-state index in [4.69, 9.17) is 4.74 Å². The largest absolute Gasteiger partial charge is 0.469 e. The minimum Gasteiger partial charge on any atom is -0.469 e. The third kappa shape index (κ3) is 3.93. The number of rotatable bonds is 3. The molecule has 2 aliphatic rings. The summed E-state index contributed by atoms with van der Waals surface area (Å²) < 4.78 is 4.88. The van der Waals surface area contributed by atoms with Crippen LogP contribution in [0.15, 0.2) is 0 Å². The lowest BCUT2D eigenvalue weighted by Gasteiger charge is -2.35. The summed E-state index contributed by atoms with van der Waals surface area (Å²) in [6, 6.07) is 1.01. The maximum absolute atomic E-state index is 11.7. The zero-order chi connectivity index (χ0) is 13.8. The second kappa shape index (κ2) is 6.71. The first kappa shape index (κ1) is 14.8. The van der Waals surface area contributed by atoms with E-state index in [0.29, 0.717) is 24.4 Å². The highest BCUT2D eigenvalue weighted by Crippen LogP contribution is 2.28. The molecule has 2 rings (SSSR count). The number of likely N-dealkylation sites (N-methyl/N-ethyl adjacent to an activating group) is 1. The fraction of sp³-hybridized carbons (Fsp3) is 0.933. The molecule has 2 atom stereocenters. The third-order valence-electron chi connectivity index (χ3n) is 4.56.